The maximum absolute atomic E-state index is 11.5. The van der Waals surface area contributed by atoms with Gasteiger partial charge in [-0.3, -0.25) is 0 Å². The minimum Gasteiger partial charge on any atom is -0.396 e. The fourth-order valence-electron chi connectivity index (χ4n) is 4.40. The van der Waals surface area contributed by atoms with Crippen LogP contribution in [0.1, 0.15) is 20.3 Å². The molecule has 0 aromatic heterocycles. The van der Waals surface area contributed by atoms with Crippen LogP contribution >= 0.6 is 0 Å². The molecule has 120 valence electrons. The van der Waals surface area contributed by atoms with Crippen molar-refractivity contribution in [3.05, 3.63) is 30.3 Å². The second-order valence-corrected chi connectivity index (χ2v) is 35.5. The molecule has 1 aromatic carbocycles. The van der Waals surface area contributed by atoms with E-state index in [1.54, 1.807) is 0 Å². The monoisotopic (exact) mass is 338 g/mol. The van der Waals surface area contributed by atoms with Crippen LogP contribution in [0.15, 0.2) is 30.3 Å². The lowest BCUT2D eigenvalue weighted by Gasteiger charge is -2.54. The molecule has 1 rings (SSSR count). The molecule has 0 aliphatic rings. The van der Waals surface area contributed by atoms with Gasteiger partial charge in [-0.25, -0.2) is 0 Å². The average Bonchev–Trinajstić information content (AvgIpc) is 2.36. The van der Waals surface area contributed by atoms with E-state index < -0.39 is 22.3 Å². The van der Waals surface area contributed by atoms with E-state index in [0.717, 1.165) is 6.42 Å². The van der Waals surface area contributed by atoms with Crippen LogP contribution < -0.4 is 5.19 Å². The Morgan fingerprint density at radius 2 is 1.33 bits per heavy atom. The third-order valence-electron chi connectivity index (χ3n) is 5.22. The summed E-state index contributed by atoms with van der Waals surface area (Å²) in [4.78, 5) is 0. The van der Waals surface area contributed by atoms with Crippen LogP contribution in [-0.2, 0) is 0 Å². The van der Waals surface area contributed by atoms with E-state index in [-0.39, 0.29) is 5.73 Å². The van der Waals surface area contributed by atoms with Crippen molar-refractivity contribution in [2.45, 2.75) is 65.3 Å². The maximum Gasteiger partial charge on any atom is 0.105 e. The van der Waals surface area contributed by atoms with Crippen molar-refractivity contribution in [2.24, 2.45) is 5.92 Å². The van der Waals surface area contributed by atoms with Gasteiger partial charge in [-0.15, -0.1) is 0 Å². The van der Waals surface area contributed by atoms with Gasteiger partial charge in [-0.05, 0) is 5.92 Å². The molecule has 0 spiro atoms. The number of benzene rings is 1. The molecule has 0 aliphatic heterocycles. The van der Waals surface area contributed by atoms with Crippen LogP contribution in [0.25, 0.3) is 0 Å². The Labute approximate surface area is 134 Å². The molecule has 1 aromatic rings. The van der Waals surface area contributed by atoms with Crippen molar-refractivity contribution >= 4 is 27.5 Å². The van der Waals surface area contributed by atoms with Gasteiger partial charge in [0.2, 0.25) is 0 Å². The Morgan fingerprint density at radius 1 is 0.905 bits per heavy atom. The molecule has 21 heavy (non-hydrogen) atoms. The van der Waals surface area contributed by atoms with Crippen LogP contribution in [0.4, 0.5) is 0 Å². The second kappa shape index (κ2) is 6.52. The van der Waals surface area contributed by atoms with Crippen molar-refractivity contribution in [2.75, 3.05) is 0 Å². The second-order valence-electron chi connectivity index (χ2n) is 8.50. The highest BCUT2D eigenvalue weighted by atomic mass is 29.6. The Morgan fingerprint density at radius 3 is 1.67 bits per heavy atom. The first kappa shape index (κ1) is 18.9. The van der Waals surface area contributed by atoms with E-state index in [0.29, 0.717) is 5.92 Å². The van der Waals surface area contributed by atoms with E-state index in [1.165, 1.54) is 5.19 Å². The molecule has 0 bridgehead atoms. The van der Waals surface area contributed by atoms with Gasteiger partial charge in [0.15, 0.2) is 0 Å². The number of hydrogen-bond acceptors (Lipinski definition) is 1. The smallest absolute Gasteiger partial charge is 0.105 e. The Balaban J connectivity index is 3.68. The van der Waals surface area contributed by atoms with Gasteiger partial charge in [0, 0.05) is 20.9 Å². The predicted octanol–water partition coefficient (Wildman–Crippen LogP) is 4.12. The normalized spacial score (nSPS) is 16.6. The predicted molar refractivity (Wildman–Crippen MR) is 104 cm³/mol. The van der Waals surface area contributed by atoms with Crippen molar-refractivity contribution in [1.29, 1.82) is 0 Å². The lowest BCUT2D eigenvalue weighted by Crippen LogP contribution is -2.84. The van der Waals surface area contributed by atoms with E-state index in [4.69, 9.17) is 0 Å². The van der Waals surface area contributed by atoms with Crippen molar-refractivity contribution in [3.63, 3.8) is 0 Å². The van der Waals surface area contributed by atoms with Crippen LogP contribution in [0, 0.1) is 5.92 Å². The molecule has 0 radical (unpaired) electrons. The maximum atomic E-state index is 11.5. The Kier molecular flexibility index (Phi) is 5.86. The summed E-state index contributed by atoms with van der Waals surface area (Å²) in [6.07, 6.45) is 1.07. The summed E-state index contributed by atoms with van der Waals surface area (Å²) in [5.41, 5.74) is -0.108. The van der Waals surface area contributed by atoms with Gasteiger partial charge in [0.05, 0.1) is 0 Å². The van der Waals surface area contributed by atoms with Gasteiger partial charge < -0.3 is 5.11 Å². The van der Waals surface area contributed by atoms with Crippen LogP contribution in [0.5, 0.6) is 0 Å². The summed E-state index contributed by atoms with van der Waals surface area (Å²) in [6.45, 7) is 19.4. The van der Waals surface area contributed by atoms with E-state index in [9.17, 15) is 5.11 Å². The largest absolute Gasteiger partial charge is 0.396 e. The quantitative estimate of drug-likeness (QED) is 0.774. The minimum absolute atomic E-state index is 0.108. The summed E-state index contributed by atoms with van der Waals surface area (Å²) in [5.74, 6) is 0.398. The highest BCUT2D eigenvalue weighted by Crippen LogP contribution is 2.35. The van der Waals surface area contributed by atoms with E-state index in [1.807, 2.05) is 0 Å². The fourth-order valence-corrected chi connectivity index (χ4v) is 52.5. The zero-order chi connectivity index (χ0) is 16.5. The SMILES string of the molecule is CCC(C)C(O)[Si](c1ccccc1)([Si](C)(C)C)[Si](C)(C)C. The summed E-state index contributed by atoms with van der Waals surface area (Å²) in [7, 11) is -4.94. The van der Waals surface area contributed by atoms with Gasteiger partial charge in [-0.2, -0.15) is 0 Å². The zero-order valence-electron chi connectivity index (χ0n) is 15.2. The van der Waals surface area contributed by atoms with E-state index in [2.05, 4.69) is 83.5 Å². The average molecular weight is 339 g/mol. The van der Waals surface area contributed by atoms with Crippen LogP contribution in [-0.4, -0.2) is 33.1 Å². The summed E-state index contributed by atoms with van der Waals surface area (Å²) >= 11 is 0. The van der Waals surface area contributed by atoms with Crippen molar-refractivity contribution in [3.8, 4) is 0 Å². The Bertz CT molecular complexity index is 431. The standard InChI is InChI=1S/C17H34OSi3/c1-9-15(2)17(18)21(19(3,4)5,20(6,7)8)16-13-11-10-12-14-16/h10-15,17-18H,9H2,1-8H3. The molecular formula is C17H34OSi3. The molecule has 1 N–H and O–H groups in total. The Hall–Kier alpha value is -0.169. The van der Waals surface area contributed by atoms with Crippen molar-refractivity contribution in [1.82, 2.24) is 0 Å². The highest BCUT2D eigenvalue weighted by molar-refractivity contribution is 7.73. The lowest BCUT2D eigenvalue weighted by atomic mass is 10.1. The number of aliphatic hydroxyl groups excluding tert-OH is 1. The molecule has 1 nitrogen and oxygen atoms in total. The lowest BCUT2D eigenvalue weighted by molar-refractivity contribution is 0.185. The highest BCUT2D eigenvalue weighted by Gasteiger charge is 2.60. The molecule has 0 heterocycles. The molecule has 0 fully saturated rings. The first-order valence-corrected chi connectivity index (χ1v) is 19.3. The van der Waals surface area contributed by atoms with Gasteiger partial charge >= 0.3 is 0 Å². The number of hydrogen-bond donors (Lipinski definition) is 1. The van der Waals surface area contributed by atoms with Crippen molar-refractivity contribution < 1.29 is 5.11 Å². The molecule has 2 unspecified atom stereocenters. The third kappa shape index (κ3) is 3.28. The molecular weight excluding hydrogens is 304 g/mol. The van der Waals surface area contributed by atoms with Gasteiger partial charge in [-0.1, -0.05) is 95.1 Å². The molecule has 0 amide bonds. The first-order valence-electron chi connectivity index (χ1n) is 8.23. The van der Waals surface area contributed by atoms with E-state index >= 15 is 0 Å². The number of aliphatic hydroxyl groups is 1. The van der Waals surface area contributed by atoms with Crippen LogP contribution in [0.2, 0.25) is 39.3 Å². The molecule has 4 heteroatoms. The third-order valence-corrected chi connectivity index (χ3v) is 43.9. The van der Waals surface area contributed by atoms with Gasteiger partial charge in [0.25, 0.3) is 0 Å². The van der Waals surface area contributed by atoms with Crippen LogP contribution in [0.3, 0.4) is 0 Å². The zero-order valence-corrected chi connectivity index (χ0v) is 18.2. The number of rotatable bonds is 6. The van der Waals surface area contributed by atoms with Gasteiger partial charge in [0.1, 0.15) is 7.11 Å². The summed E-state index contributed by atoms with van der Waals surface area (Å²) in [5, 5.41) is 13.0. The molecule has 0 saturated heterocycles. The molecule has 0 aliphatic carbocycles. The first-order chi connectivity index (χ1) is 9.50. The minimum atomic E-state index is -1.93. The topological polar surface area (TPSA) is 20.2 Å². The summed E-state index contributed by atoms with van der Waals surface area (Å²) < 4.78 is 0. The molecule has 0 saturated carbocycles. The molecule has 2 atom stereocenters. The fraction of sp³-hybridized carbons (Fsp3) is 0.647. The summed E-state index contributed by atoms with van der Waals surface area (Å²) in [6, 6.07) is 11.1.